The van der Waals surface area contributed by atoms with Gasteiger partial charge in [-0.25, -0.2) is 4.99 Å². The Kier molecular flexibility index (Phi) is 4.23. The van der Waals surface area contributed by atoms with Gasteiger partial charge in [0.25, 0.3) is 0 Å². The molecule has 0 unspecified atom stereocenters. The molecule has 0 aliphatic carbocycles. The molecule has 0 bridgehead atoms. The Bertz CT molecular complexity index is 459. The third-order valence-corrected chi connectivity index (χ3v) is 2.24. The molecule has 0 N–H and O–H groups in total. The molecule has 1 rings (SSSR count). The highest BCUT2D eigenvalue weighted by atomic mass is 14.7. The number of rotatable bonds is 4. The second kappa shape index (κ2) is 5.67. The minimum Gasteiger partial charge on any atom is -0.246 e. The monoisotopic (exact) mass is 210 g/mol. The number of nitrogens with zero attached hydrogens (tertiary/aromatic N) is 2. The molecule has 16 heavy (non-hydrogen) atoms. The Balaban J connectivity index is 2.78. The summed E-state index contributed by atoms with van der Waals surface area (Å²) < 4.78 is 0. The summed E-state index contributed by atoms with van der Waals surface area (Å²) in [5.41, 5.74) is 3.26. The van der Waals surface area contributed by atoms with E-state index < -0.39 is 0 Å². The Morgan fingerprint density at radius 3 is 2.50 bits per heavy atom. The third-order valence-electron chi connectivity index (χ3n) is 2.24. The van der Waals surface area contributed by atoms with E-state index in [-0.39, 0.29) is 5.70 Å². The van der Waals surface area contributed by atoms with E-state index in [1.807, 2.05) is 18.2 Å². The van der Waals surface area contributed by atoms with Crippen LogP contribution in [0.5, 0.6) is 0 Å². The summed E-state index contributed by atoms with van der Waals surface area (Å²) >= 11 is 0. The molecule has 1 aromatic rings. The van der Waals surface area contributed by atoms with Gasteiger partial charge in [0.1, 0.15) is 11.8 Å². The number of benzene rings is 1. The van der Waals surface area contributed by atoms with Crippen LogP contribution in [0.3, 0.4) is 0 Å². The van der Waals surface area contributed by atoms with Gasteiger partial charge in [-0.15, -0.1) is 0 Å². The van der Waals surface area contributed by atoms with Gasteiger partial charge in [-0.3, -0.25) is 0 Å². The highest BCUT2D eigenvalue weighted by Gasteiger charge is 1.96. The first kappa shape index (κ1) is 11.9. The molecule has 0 spiro atoms. The number of allylic oxidation sites excluding steroid dienone is 2. The first-order valence-electron chi connectivity index (χ1n) is 5.08. The number of aliphatic imine (C=N–C) groups is 1. The molecular formula is C14H14N2. The van der Waals surface area contributed by atoms with E-state index in [2.05, 4.69) is 37.2 Å². The smallest absolute Gasteiger partial charge is 0.133 e. The third kappa shape index (κ3) is 3.21. The predicted octanol–water partition coefficient (Wildman–Crippen LogP) is 3.37. The maximum atomic E-state index is 8.49. The molecule has 0 aromatic heterocycles. The van der Waals surface area contributed by atoms with Crippen LogP contribution in [0.4, 0.5) is 0 Å². The van der Waals surface area contributed by atoms with Crippen molar-refractivity contribution in [3.8, 4) is 6.07 Å². The summed E-state index contributed by atoms with van der Waals surface area (Å²) in [6, 6.07) is 9.99. The standard InChI is InChI=1S/C14H14N2/c1-4-13-5-7-14(8-6-13)11(2)10-16-12(3)9-15/h5-8,10H,2-4H2,1H3/b16-10+. The minimum atomic E-state index is 0.186. The second-order valence-electron chi connectivity index (χ2n) is 3.39. The summed E-state index contributed by atoms with van der Waals surface area (Å²) in [7, 11) is 0. The van der Waals surface area contributed by atoms with E-state index in [1.165, 1.54) is 5.56 Å². The van der Waals surface area contributed by atoms with Gasteiger partial charge in [0, 0.05) is 6.21 Å². The van der Waals surface area contributed by atoms with E-state index in [1.54, 1.807) is 6.21 Å². The van der Waals surface area contributed by atoms with Crippen LogP contribution in [0.2, 0.25) is 0 Å². The molecule has 0 radical (unpaired) electrons. The molecule has 0 aliphatic heterocycles. The highest BCUT2D eigenvalue weighted by Crippen LogP contribution is 2.12. The molecule has 0 aliphatic rings. The average Bonchev–Trinajstić information content (AvgIpc) is 2.35. The van der Waals surface area contributed by atoms with Gasteiger partial charge in [0.05, 0.1) is 0 Å². The number of nitriles is 1. The van der Waals surface area contributed by atoms with Gasteiger partial charge in [-0.1, -0.05) is 44.3 Å². The molecule has 0 saturated heterocycles. The molecule has 0 heterocycles. The predicted molar refractivity (Wildman–Crippen MR) is 68.1 cm³/mol. The summed E-state index contributed by atoms with van der Waals surface area (Å²) in [4.78, 5) is 3.88. The lowest BCUT2D eigenvalue weighted by Gasteiger charge is -2.01. The van der Waals surface area contributed by atoms with Gasteiger partial charge in [-0.2, -0.15) is 5.26 Å². The Morgan fingerprint density at radius 2 is 2.00 bits per heavy atom. The first-order chi connectivity index (χ1) is 7.67. The Morgan fingerprint density at radius 1 is 1.38 bits per heavy atom. The maximum absolute atomic E-state index is 8.49. The van der Waals surface area contributed by atoms with Crippen LogP contribution in [0, 0.1) is 11.3 Å². The zero-order valence-corrected chi connectivity index (χ0v) is 9.40. The van der Waals surface area contributed by atoms with Crippen molar-refractivity contribution in [3.05, 3.63) is 54.2 Å². The molecule has 0 amide bonds. The summed E-state index contributed by atoms with van der Waals surface area (Å²) in [5, 5.41) is 8.49. The molecule has 2 heteroatoms. The topological polar surface area (TPSA) is 36.1 Å². The van der Waals surface area contributed by atoms with Crippen LogP contribution >= 0.6 is 0 Å². The van der Waals surface area contributed by atoms with Crippen LogP contribution in [0.1, 0.15) is 18.1 Å². The SMILES string of the molecule is C=C(C#N)/N=C/C(=C)c1ccc(CC)cc1. The van der Waals surface area contributed by atoms with E-state index in [0.717, 1.165) is 17.6 Å². The number of hydrogen-bond acceptors (Lipinski definition) is 2. The lowest BCUT2D eigenvalue weighted by molar-refractivity contribution is 1.14. The van der Waals surface area contributed by atoms with Gasteiger partial charge in [-0.05, 0) is 23.1 Å². The first-order valence-corrected chi connectivity index (χ1v) is 5.08. The van der Waals surface area contributed by atoms with E-state index >= 15 is 0 Å². The zero-order valence-electron chi connectivity index (χ0n) is 9.40. The van der Waals surface area contributed by atoms with Crippen LogP contribution in [-0.2, 0) is 6.42 Å². The average molecular weight is 210 g/mol. The van der Waals surface area contributed by atoms with Crippen molar-refractivity contribution in [3.63, 3.8) is 0 Å². The van der Waals surface area contributed by atoms with Gasteiger partial charge in [0.15, 0.2) is 0 Å². The minimum absolute atomic E-state index is 0.186. The van der Waals surface area contributed by atoms with Crippen molar-refractivity contribution >= 4 is 11.8 Å². The normalized spacial score (nSPS) is 10.0. The van der Waals surface area contributed by atoms with E-state index in [9.17, 15) is 0 Å². The second-order valence-corrected chi connectivity index (χ2v) is 3.39. The van der Waals surface area contributed by atoms with Crippen molar-refractivity contribution in [2.24, 2.45) is 4.99 Å². The zero-order chi connectivity index (χ0) is 12.0. The highest BCUT2D eigenvalue weighted by molar-refractivity contribution is 6.09. The summed E-state index contributed by atoms with van der Waals surface area (Å²) in [6.07, 6.45) is 2.58. The quantitative estimate of drug-likeness (QED) is 0.554. The molecule has 1 aromatic carbocycles. The Hall–Kier alpha value is -2.14. The van der Waals surface area contributed by atoms with Crippen molar-refractivity contribution in [2.45, 2.75) is 13.3 Å². The Labute approximate surface area is 96.3 Å². The molecular weight excluding hydrogens is 196 g/mol. The molecule has 0 atom stereocenters. The fourth-order valence-electron chi connectivity index (χ4n) is 1.21. The van der Waals surface area contributed by atoms with E-state index in [0.29, 0.717) is 0 Å². The lowest BCUT2D eigenvalue weighted by atomic mass is 10.1. The summed E-state index contributed by atoms with van der Waals surface area (Å²) in [5.74, 6) is 0. The van der Waals surface area contributed by atoms with E-state index in [4.69, 9.17) is 5.26 Å². The van der Waals surface area contributed by atoms with Crippen LogP contribution in [0.25, 0.3) is 5.57 Å². The molecule has 0 fully saturated rings. The van der Waals surface area contributed by atoms with Gasteiger partial charge >= 0.3 is 0 Å². The van der Waals surface area contributed by atoms with Gasteiger partial charge < -0.3 is 0 Å². The lowest BCUT2D eigenvalue weighted by Crippen LogP contribution is -1.86. The van der Waals surface area contributed by atoms with Crippen molar-refractivity contribution in [1.29, 1.82) is 5.26 Å². The molecule has 0 saturated carbocycles. The van der Waals surface area contributed by atoms with Crippen LogP contribution < -0.4 is 0 Å². The van der Waals surface area contributed by atoms with Crippen molar-refractivity contribution in [2.75, 3.05) is 0 Å². The summed E-state index contributed by atoms with van der Waals surface area (Å²) in [6.45, 7) is 9.47. The van der Waals surface area contributed by atoms with Crippen LogP contribution in [0.15, 0.2) is 48.1 Å². The maximum Gasteiger partial charge on any atom is 0.133 e. The molecule has 2 nitrogen and oxygen atoms in total. The number of aryl methyl sites for hydroxylation is 1. The van der Waals surface area contributed by atoms with Crippen molar-refractivity contribution in [1.82, 2.24) is 0 Å². The number of hydrogen-bond donors (Lipinski definition) is 0. The fraction of sp³-hybridized carbons (Fsp3) is 0.143. The van der Waals surface area contributed by atoms with Crippen molar-refractivity contribution < 1.29 is 0 Å². The largest absolute Gasteiger partial charge is 0.246 e. The molecule has 80 valence electrons. The van der Waals surface area contributed by atoms with Crippen LogP contribution in [-0.4, -0.2) is 6.21 Å². The fourth-order valence-corrected chi connectivity index (χ4v) is 1.21. The van der Waals surface area contributed by atoms with Gasteiger partial charge in [0.2, 0.25) is 0 Å².